The number of benzene rings is 3. The van der Waals surface area contributed by atoms with Crippen LogP contribution in [0.1, 0.15) is 17.2 Å². The molecule has 2 heterocycles. The summed E-state index contributed by atoms with van der Waals surface area (Å²) >= 11 is 1.46. The highest BCUT2D eigenvalue weighted by Gasteiger charge is 2.22. The molecule has 0 saturated heterocycles. The van der Waals surface area contributed by atoms with Crippen LogP contribution >= 0.6 is 11.3 Å². The molecule has 0 spiro atoms. The van der Waals surface area contributed by atoms with Gasteiger partial charge in [0.2, 0.25) is 0 Å². The number of pyridine rings is 1. The first-order chi connectivity index (χ1) is 16.5. The Balaban J connectivity index is 1.58. The van der Waals surface area contributed by atoms with Crippen LogP contribution in [0.4, 0.5) is 13.9 Å². The van der Waals surface area contributed by atoms with Gasteiger partial charge in [0.25, 0.3) is 0 Å². The third kappa shape index (κ3) is 4.29. The Labute approximate surface area is 197 Å². The molecule has 0 radical (unpaired) electrons. The first kappa shape index (κ1) is 21.8. The fraction of sp³-hybridized carbons (Fsp3) is 0.120. The minimum Gasteiger partial charge on any atom is -0.505 e. The molecule has 0 unspecified atom stereocenters. The normalized spacial score (nSPS) is 12.2. The molecule has 0 aliphatic heterocycles. The van der Waals surface area contributed by atoms with Crippen LogP contribution in [-0.4, -0.2) is 28.8 Å². The first-order valence-corrected chi connectivity index (χ1v) is 11.2. The van der Waals surface area contributed by atoms with Crippen molar-refractivity contribution in [1.82, 2.24) is 9.97 Å². The van der Waals surface area contributed by atoms with Crippen molar-refractivity contribution in [3.05, 3.63) is 84.1 Å². The molecule has 0 aliphatic carbocycles. The smallest absolute Gasteiger partial charge is 0.387 e. The standard InChI is InChI=1S/C25H19F2N3O3S/c1-32-17-9-11-20-19(13-17)29-25(34-20)30-21(15-4-7-16(8-5-15)33-24(26)27)18-10-6-14-3-2-12-28-22(14)23(18)31/h2-13,21,24,31H,1H3,(H,29,30)/t21-/m1/s1. The zero-order valence-corrected chi connectivity index (χ0v) is 18.7. The molecule has 3 aromatic carbocycles. The Morgan fingerprint density at radius 1 is 1.00 bits per heavy atom. The molecular formula is C25H19F2N3O3S. The van der Waals surface area contributed by atoms with Crippen molar-refractivity contribution in [2.75, 3.05) is 12.4 Å². The van der Waals surface area contributed by atoms with Crippen LogP contribution in [0.3, 0.4) is 0 Å². The average molecular weight is 480 g/mol. The Morgan fingerprint density at radius 2 is 1.79 bits per heavy atom. The molecule has 34 heavy (non-hydrogen) atoms. The van der Waals surface area contributed by atoms with E-state index in [0.29, 0.717) is 22.0 Å². The summed E-state index contributed by atoms with van der Waals surface area (Å²) in [6.45, 7) is -2.91. The number of aromatic hydroxyl groups is 1. The Kier molecular flexibility index (Phi) is 5.85. The predicted molar refractivity (Wildman–Crippen MR) is 128 cm³/mol. The fourth-order valence-corrected chi connectivity index (χ4v) is 4.65. The molecular weight excluding hydrogens is 460 g/mol. The van der Waals surface area contributed by atoms with Crippen LogP contribution in [0, 0.1) is 0 Å². The van der Waals surface area contributed by atoms with E-state index in [0.717, 1.165) is 21.2 Å². The van der Waals surface area contributed by atoms with E-state index in [4.69, 9.17) is 4.74 Å². The number of thiazole rings is 1. The zero-order chi connectivity index (χ0) is 23.7. The highest BCUT2D eigenvalue weighted by Crippen LogP contribution is 2.38. The van der Waals surface area contributed by atoms with Gasteiger partial charge in [-0.1, -0.05) is 41.7 Å². The lowest BCUT2D eigenvalue weighted by molar-refractivity contribution is -0.0498. The van der Waals surface area contributed by atoms with Crippen LogP contribution in [0.25, 0.3) is 21.1 Å². The number of fused-ring (bicyclic) bond motifs is 2. The van der Waals surface area contributed by atoms with Gasteiger partial charge >= 0.3 is 6.61 Å². The van der Waals surface area contributed by atoms with Gasteiger partial charge in [0, 0.05) is 23.2 Å². The molecule has 0 bridgehead atoms. The number of halogens is 2. The number of nitrogens with one attached hydrogen (secondary N) is 1. The number of anilines is 1. The van der Waals surface area contributed by atoms with Gasteiger partial charge in [-0.25, -0.2) is 4.98 Å². The van der Waals surface area contributed by atoms with E-state index < -0.39 is 12.7 Å². The number of methoxy groups -OCH3 is 1. The number of phenolic OH excluding ortho intramolecular Hbond substituents is 1. The summed E-state index contributed by atoms with van der Waals surface area (Å²) in [4.78, 5) is 8.98. The van der Waals surface area contributed by atoms with Crippen molar-refractivity contribution in [3.63, 3.8) is 0 Å². The number of phenols is 1. The summed E-state index contributed by atoms with van der Waals surface area (Å²) in [5.74, 6) is 0.786. The second kappa shape index (κ2) is 9.11. The van der Waals surface area contributed by atoms with E-state index in [-0.39, 0.29) is 11.5 Å². The highest BCUT2D eigenvalue weighted by atomic mass is 32.1. The van der Waals surface area contributed by atoms with Gasteiger partial charge in [-0.3, -0.25) is 4.98 Å². The number of hydrogen-bond acceptors (Lipinski definition) is 7. The van der Waals surface area contributed by atoms with Crippen molar-refractivity contribution in [2.24, 2.45) is 0 Å². The number of aromatic nitrogens is 2. The molecule has 9 heteroatoms. The average Bonchev–Trinajstić information content (AvgIpc) is 3.25. The Morgan fingerprint density at radius 3 is 2.56 bits per heavy atom. The second-order valence-corrected chi connectivity index (χ2v) is 8.49. The van der Waals surface area contributed by atoms with E-state index in [9.17, 15) is 13.9 Å². The summed E-state index contributed by atoms with van der Waals surface area (Å²) in [5.41, 5.74) is 2.55. The quantitative estimate of drug-likeness (QED) is 0.283. The Hall–Kier alpha value is -3.98. The van der Waals surface area contributed by atoms with Crippen molar-refractivity contribution in [2.45, 2.75) is 12.7 Å². The van der Waals surface area contributed by atoms with Crippen molar-refractivity contribution in [3.8, 4) is 17.2 Å². The number of ether oxygens (including phenoxy) is 2. The number of rotatable bonds is 7. The van der Waals surface area contributed by atoms with Crippen LogP contribution in [0.5, 0.6) is 17.2 Å². The molecule has 0 aliphatic rings. The van der Waals surface area contributed by atoms with Gasteiger partial charge in [0.1, 0.15) is 22.8 Å². The lowest BCUT2D eigenvalue weighted by atomic mass is 9.96. The maximum absolute atomic E-state index is 12.6. The van der Waals surface area contributed by atoms with Crippen LogP contribution in [0.2, 0.25) is 0 Å². The molecule has 2 aromatic heterocycles. The Bertz CT molecular complexity index is 1460. The number of alkyl halides is 2. The van der Waals surface area contributed by atoms with E-state index in [2.05, 4.69) is 20.0 Å². The SMILES string of the molecule is COc1ccc2sc(N[C@H](c3ccc(OC(F)F)cc3)c3ccc4cccnc4c3O)nc2c1. The third-order valence-electron chi connectivity index (χ3n) is 5.39. The first-order valence-electron chi connectivity index (χ1n) is 10.3. The summed E-state index contributed by atoms with van der Waals surface area (Å²) < 4.78 is 35.9. The minimum absolute atomic E-state index is 0.0336. The number of nitrogens with zero attached hydrogens (tertiary/aromatic N) is 2. The van der Waals surface area contributed by atoms with Crippen LogP contribution in [-0.2, 0) is 0 Å². The molecule has 2 N–H and O–H groups in total. The van der Waals surface area contributed by atoms with Crippen LogP contribution in [0.15, 0.2) is 72.9 Å². The summed E-state index contributed by atoms with van der Waals surface area (Å²) in [5, 5.41) is 15.9. The molecule has 172 valence electrons. The van der Waals surface area contributed by atoms with E-state index in [1.807, 2.05) is 36.4 Å². The molecule has 5 rings (SSSR count). The molecule has 1 atom stereocenters. The van der Waals surface area contributed by atoms with Gasteiger partial charge < -0.3 is 19.9 Å². The van der Waals surface area contributed by atoms with Gasteiger partial charge in [-0.15, -0.1) is 0 Å². The maximum Gasteiger partial charge on any atom is 0.387 e. The van der Waals surface area contributed by atoms with E-state index >= 15 is 0 Å². The topological polar surface area (TPSA) is 76.5 Å². The lowest BCUT2D eigenvalue weighted by Crippen LogP contribution is -2.13. The molecule has 0 fully saturated rings. The van der Waals surface area contributed by atoms with Gasteiger partial charge in [0.15, 0.2) is 5.13 Å². The van der Waals surface area contributed by atoms with Crippen molar-refractivity contribution in [1.29, 1.82) is 0 Å². The molecule has 5 aromatic rings. The summed E-state index contributed by atoms with van der Waals surface area (Å²) in [7, 11) is 1.60. The van der Waals surface area contributed by atoms with Gasteiger partial charge in [-0.05, 0) is 35.9 Å². The molecule has 0 saturated carbocycles. The van der Waals surface area contributed by atoms with Gasteiger partial charge in [0.05, 0.1) is 23.4 Å². The molecule has 6 nitrogen and oxygen atoms in total. The predicted octanol–water partition coefficient (Wildman–Crippen LogP) is 6.36. The fourth-order valence-electron chi connectivity index (χ4n) is 3.78. The van der Waals surface area contributed by atoms with Gasteiger partial charge in [-0.2, -0.15) is 8.78 Å². The summed E-state index contributed by atoms with van der Waals surface area (Å²) in [6.07, 6.45) is 1.62. The monoisotopic (exact) mass is 479 g/mol. The maximum atomic E-state index is 12.6. The second-order valence-electron chi connectivity index (χ2n) is 7.46. The lowest BCUT2D eigenvalue weighted by Gasteiger charge is -2.21. The zero-order valence-electron chi connectivity index (χ0n) is 17.9. The summed E-state index contributed by atoms with van der Waals surface area (Å²) in [6, 6.07) is 18.8. The largest absolute Gasteiger partial charge is 0.505 e. The minimum atomic E-state index is -2.91. The van der Waals surface area contributed by atoms with Crippen LogP contribution < -0.4 is 14.8 Å². The number of hydrogen-bond donors (Lipinski definition) is 2. The van der Waals surface area contributed by atoms with Crippen molar-refractivity contribution >= 4 is 37.6 Å². The van der Waals surface area contributed by atoms with E-state index in [1.165, 1.54) is 23.5 Å². The van der Waals surface area contributed by atoms with Crippen molar-refractivity contribution < 1.29 is 23.4 Å². The third-order valence-corrected chi connectivity index (χ3v) is 6.36. The van der Waals surface area contributed by atoms with E-state index in [1.54, 1.807) is 31.5 Å². The molecule has 0 amide bonds. The highest BCUT2D eigenvalue weighted by molar-refractivity contribution is 7.22.